The summed E-state index contributed by atoms with van der Waals surface area (Å²) in [6, 6.07) is 12.0. The van der Waals surface area contributed by atoms with E-state index < -0.39 is 5.82 Å². The summed E-state index contributed by atoms with van der Waals surface area (Å²) in [6.45, 7) is 5.52. The van der Waals surface area contributed by atoms with Gasteiger partial charge in [-0.2, -0.15) is 0 Å². The molecule has 2 aliphatic heterocycles. The predicted molar refractivity (Wildman–Crippen MR) is 109 cm³/mol. The van der Waals surface area contributed by atoms with Crippen LogP contribution in [0.4, 0.5) is 10.1 Å². The number of nitrogens with one attached hydrogen (secondary N) is 1. The zero-order chi connectivity index (χ0) is 20.7. The Morgan fingerprint density at radius 3 is 2.80 bits per heavy atom. The number of carbonyl (C=O) groups excluding carboxylic acids is 1. The van der Waals surface area contributed by atoms with E-state index in [1.165, 1.54) is 12.1 Å². The molecule has 2 aromatic heterocycles. The van der Waals surface area contributed by atoms with Crippen LogP contribution in [0.1, 0.15) is 27.8 Å². The Morgan fingerprint density at radius 1 is 1.13 bits per heavy atom. The number of hydrogen-bond donors (Lipinski definition) is 1. The van der Waals surface area contributed by atoms with Gasteiger partial charge in [0.25, 0.3) is 5.91 Å². The third-order valence-electron chi connectivity index (χ3n) is 5.96. The van der Waals surface area contributed by atoms with Crippen molar-refractivity contribution in [2.24, 2.45) is 11.8 Å². The lowest BCUT2D eigenvalue weighted by Crippen LogP contribution is -2.31. The van der Waals surface area contributed by atoms with E-state index in [2.05, 4.69) is 31.5 Å². The second kappa shape index (κ2) is 7.60. The van der Waals surface area contributed by atoms with Gasteiger partial charge in [0, 0.05) is 44.0 Å². The van der Waals surface area contributed by atoms with Crippen LogP contribution in [0.15, 0.2) is 42.5 Å². The van der Waals surface area contributed by atoms with Gasteiger partial charge in [-0.05, 0) is 49.1 Å². The molecule has 8 heteroatoms. The molecular weight excluding hydrogens is 383 g/mol. The molecule has 3 aromatic rings. The van der Waals surface area contributed by atoms with Crippen molar-refractivity contribution >= 4 is 11.6 Å². The summed E-state index contributed by atoms with van der Waals surface area (Å²) in [7, 11) is 0. The van der Waals surface area contributed by atoms with E-state index in [0.717, 1.165) is 49.8 Å². The lowest BCUT2D eigenvalue weighted by molar-refractivity contribution is 0.100. The molecule has 7 nitrogen and oxygen atoms in total. The molecule has 0 saturated carbocycles. The normalized spacial score (nSPS) is 20.6. The largest absolute Gasteiger partial charge is 0.319 e. The van der Waals surface area contributed by atoms with E-state index in [4.69, 9.17) is 0 Å². The first-order valence-corrected chi connectivity index (χ1v) is 10.2. The summed E-state index contributed by atoms with van der Waals surface area (Å²) >= 11 is 0. The number of pyridine rings is 1. The van der Waals surface area contributed by atoms with Crippen LogP contribution in [0.25, 0.3) is 0 Å². The zero-order valence-corrected chi connectivity index (χ0v) is 16.8. The molecule has 4 heterocycles. The molecule has 154 valence electrons. The Morgan fingerprint density at radius 2 is 1.97 bits per heavy atom. The summed E-state index contributed by atoms with van der Waals surface area (Å²) in [4.78, 5) is 19.8. The standard InChI is InChI=1S/C22H23FN6O/c1-14-4-2-7-19(24-14)13-28-10-15-8-20-26-27-21(29(20)12-16(15)11-28)22(30)25-18-6-3-5-17(23)9-18/h2-7,9,15-16H,8,10-13H2,1H3,(H,25,30)/t15-,16+/m1/s1. The Kier molecular flexibility index (Phi) is 4.78. The van der Waals surface area contributed by atoms with E-state index >= 15 is 0 Å². The van der Waals surface area contributed by atoms with Crippen LogP contribution >= 0.6 is 0 Å². The summed E-state index contributed by atoms with van der Waals surface area (Å²) in [5.74, 6) is 1.32. The smallest absolute Gasteiger partial charge is 0.293 e. The molecule has 0 bridgehead atoms. The van der Waals surface area contributed by atoms with Gasteiger partial charge in [0.05, 0.1) is 5.69 Å². The molecule has 0 spiro atoms. The number of aryl methyl sites for hydroxylation is 1. The van der Waals surface area contributed by atoms with E-state index in [-0.39, 0.29) is 11.7 Å². The SMILES string of the molecule is Cc1cccc(CN2C[C@H]3Cc4nnc(C(=O)Nc5cccc(F)c5)n4C[C@@H]3C2)n1. The molecule has 1 fully saturated rings. The monoisotopic (exact) mass is 406 g/mol. The number of nitrogens with zero attached hydrogens (tertiary/aromatic N) is 5. The Bertz CT molecular complexity index is 1100. The van der Waals surface area contributed by atoms with Gasteiger partial charge in [0.2, 0.25) is 5.82 Å². The van der Waals surface area contributed by atoms with Crippen molar-refractivity contribution in [2.75, 3.05) is 18.4 Å². The van der Waals surface area contributed by atoms with Gasteiger partial charge in [0.15, 0.2) is 0 Å². The zero-order valence-electron chi connectivity index (χ0n) is 16.8. The van der Waals surface area contributed by atoms with E-state index in [0.29, 0.717) is 17.5 Å². The van der Waals surface area contributed by atoms with Crippen molar-refractivity contribution in [3.8, 4) is 0 Å². The van der Waals surface area contributed by atoms with Crippen LogP contribution in [0.5, 0.6) is 0 Å². The fourth-order valence-electron chi connectivity index (χ4n) is 4.59. The molecule has 2 atom stereocenters. The number of carbonyl (C=O) groups is 1. The van der Waals surface area contributed by atoms with Crippen LogP contribution in [0.3, 0.4) is 0 Å². The summed E-state index contributed by atoms with van der Waals surface area (Å²) < 4.78 is 15.3. The van der Waals surface area contributed by atoms with Crippen LogP contribution in [0, 0.1) is 24.6 Å². The van der Waals surface area contributed by atoms with Crippen molar-refractivity contribution < 1.29 is 9.18 Å². The number of fused-ring (bicyclic) bond motifs is 2. The highest BCUT2D eigenvalue weighted by molar-refractivity contribution is 6.01. The second-order valence-corrected chi connectivity index (χ2v) is 8.20. The average molecular weight is 406 g/mol. The molecule has 1 aromatic carbocycles. The van der Waals surface area contributed by atoms with E-state index in [1.54, 1.807) is 12.1 Å². The summed E-state index contributed by atoms with van der Waals surface area (Å²) in [5, 5.41) is 11.1. The topological polar surface area (TPSA) is 75.9 Å². The maximum Gasteiger partial charge on any atom is 0.293 e. The Hall–Kier alpha value is -3.13. The number of aromatic nitrogens is 4. The molecular formula is C22H23FN6O. The van der Waals surface area contributed by atoms with Gasteiger partial charge in [-0.15, -0.1) is 10.2 Å². The number of likely N-dealkylation sites (tertiary alicyclic amines) is 1. The minimum absolute atomic E-state index is 0.284. The minimum Gasteiger partial charge on any atom is -0.319 e. The molecule has 1 amide bonds. The number of halogens is 1. The maximum atomic E-state index is 13.4. The van der Waals surface area contributed by atoms with Crippen LogP contribution in [0.2, 0.25) is 0 Å². The lowest BCUT2D eigenvalue weighted by atomic mass is 9.89. The highest BCUT2D eigenvalue weighted by Gasteiger charge is 2.39. The molecule has 0 unspecified atom stereocenters. The third-order valence-corrected chi connectivity index (χ3v) is 5.96. The first-order chi connectivity index (χ1) is 14.5. The van der Waals surface area contributed by atoms with E-state index in [9.17, 15) is 9.18 Å². The van der Waals surface area contributed by atoms with Gasteiger partial charge < -0.3 is 9.88 Å². The van der Waals surface area contributed by atoms with Crippen molar-refractivity contribution in [3.63, 3.8) is 0 Å². The van der Waals surface area contributed by atoms with Crippen LogP contribution in [-0.4, -0.2) is 43.6 Å². The molecule has 1 saturated heterocycles. The first-order valence-electron chi connectivity index (χ1n) is 10.2. The van der Waals surface area contributed by atoms with Gasteiger partial charge in [0.1, 0.15) is 11.6 Å². The highest BCUT2D eigenvalue weighted by atomic mass is 19.1. The van der Waals surface area contributed by atoms with Crippen LogP contribution < -0.4 is 5.32 Å². The second-order valence-electron chi connectivity index (χ2n) is 8.20. The highest BCUT2D eigenvalue weighted by Crippen LogP contribution is 2.33. The first kappa shape index (κ1) is 18.9. The van der Waals surface area contributed by atoms with Gasteiger partial charge in [-0.25, -0.2) is 4.39 Å². The molecule has 30 heavy (non-hydrogen) atoms. The van der Waals surface area contributed by atoms with Crippen LogP contribution in [-0.2, 0) is 19.5 Å². The van der Waals surface area contributed by atoms with Gasteiger partial charge >= 0.3 is 0 Å². The number of amides is 1. The fourth-order valence-corrected chi connectivity index (χ4v) is 4.59. The molecule has 0 aliphatic carbocycles. The van der Waals surface area contributed by atoms with Crippen molar-refractivity contribution in [1.82, 2.24) is 24.6 Å². The van der Waals surface area contributed by atoms with Gasteiger partial charge in [-0.3, -0.25) is 14.7 Å². The molecule has 1 N–H and O–H groups in total. The Labute approximate surface area is 174 Å². The van der Waals surface area contributed by atoms with Crippen molar-refractivity contribution in [1.29, 1.82) is 0 Å². The number of hydrogen-bond acceptors (Lipinski definition) is 5. The molecule has 5 rings (SSSR count). The lowest BCUT2D eigenvalue weighted by Gasteiger charge is -2.25. The third kappa shape index (κ3) is 3.70. The summed E-state index contributed by atoms with van der Waals surface area (Å²) in [5.41, 5.74) is 2.52. The quantitative estimate of drug-likeness (QED) is 0.721. The maximum absolute atomic E-state index is 13.4. The number of anilines is 1. The molecule has 2 aliphatic rings. The molecule has 0 radical (unpaired) electrons. The van der Waals surface area contributed by atoms with Crippen molar-refractivity contribution in [3.05, 3.63) is 71.3 Å². The minimum atomic E-state index is -0.395. The van der Waals surface area contributed by atoms with Crippen molar-refractivity contribution in [2.45, 2.75) is 26.4 Å². The Balaban J connectivity index is 1.28. The average Bonchev–Trinajstić information content (AvgIpc) is 3.28. The van der Waals surface area contributed by atoms with E-state index in [1.807, 2.05) is 23.6 Å². The predicted octanol–water partition coefficient (Wildman–Crippen LogP) is 2.68. The fraction of sp³-hybridized carbons (Fsp3) is 0.364. The summed E-state index contributed by atoms with van der Waals surface area (Å²) in [6.07, 6.45) is 0.808. The van der Waals surface area contributed by atoms with Gasteiger partial charge in [-0.1, -0.05) is 12.1 Å². The number of rotatable bonds is 4. The number of benzene rings is 1.